The summed E-state index contributed by atoms with van der Waals surface area (Å²) in [4.78, 5) is 16.6. The summed E-state index contributed by atoms with van der Waals surface area (Å²) in [6.45, 7) is 6.93. The molecule has 1 heterocycles. The number of amides is 1. The first kappa shape index (κ1) is 15.1. The lowest BCUT2D eigenvalue weighted by molar-refractivity contribution is -0.147. The van der Waals surface area contributed by atoms with Crippen LogP contribution in [-0.2, 0) is 4.79 Å². The zero-order valence-corrected chi connectivity index (χ0v) is 13.0. The Morgan fingerprint density at radius 1 is 1.15 bits per heavy atom. The van der Waals surface area contributed by atoms with Crippen molar-refractivity contribution in [2.24, 2.45) is 0 Å². The first-order chi connectivity index (χ1) is 9.38. The van der Waals surface area contributed by atoms with Gasteiger partial charge in [0.2, 0.25) is 0 Å². The summed E-state index contributed by atoms with van der Waals surface area (Å²) in [6, 6.07) is 7.07. The highest BCUT2D eigenvalue weighted by Gasteiger charge is 2.35. The molecule has 0 saturated carbocycles. The Morgan fingerprint density at radius 2 is 1.70 bits per heavy atom. The minimum Gasteiger partial charge on any atom is -0.478 e. The summed E-state index contributed by atoms with van der Waals surface area (Å²) in [5.74, 6) is 0.683. The predicted molar refractivity (Wildman–Crippen MR) is 80.2 cm³/mol. The van der Waals surface area contributed by atoms with Crippen LogP contribution in [0.2, 0.25) is 5.02 Å². The third-order valence-electron chi connectivity index (χ3n) is 3.49. The van der Waals surface area contributed by atoms with E-state index in [0.717, 1.165) is 26.2 Å². The standard InChI is InChI=1S/C15H21ClN2O2/c1-15(2,20-13-6-4-12(16)5-7-13)14(19)18-10-8-17(3)9-11-18/h4-7H,8-11H2,1-3H3. The Labute approximate surface area is 125 Å². The molecule has 1 fully saturated rings. The van der Waals surface area contributed by atoms with Crippen molar-refractivity contribution in [2.75, 3.05) is 33.2 Å². The largest absolute Gasteiger partial charge is 0.478 e. The topological polar surface area (TPSA) is 32.8 Å². The number of hydrogen-bond acceptors (Lipinski definition) is 3. The van der Waals surface area contributed by atoms with Crippen LogP contribution >= 0.6 is 11.6 Å². The number of carbonyl (C=O) groups is 1. The monoisotopic (exact) mass is 296 g/mol. The van der Waals surface area contributed by atoms with Crippen LogP contribution in [0.15, 0.2) is 24.3 Å². The van der Waals surface area contributed by atoms with Crippen molar-refractivity contribution in [3.63, 3.8) is 0 Å². The van der Waals surface area contributed by atoms with Crippen LogP contribution in [0.1, 0.15) is 13.8 Å². The van der Waals surface area contributed by atoms with Gasteiger partial charge in [-0.15, -0.1) is 0 Å². The van der Waals surface area contributed by atoms with E-state index in [1.807, 2.05) is 18.7 Å². The predicted octanol–water partition coefficient (Wildman–Crippen LogP) is 2.27. The van der Waals surface area contributed by atoms with Crippen LogP contribution in [0.25, 0.3) is 0 Å². The SMILES string of the molecule is CN1CCN(C(=O)C(C)(C)Oc2ccc(Cl)cc2)CC1. The number of rotatable bonds is 3. The average molecular weight is 297 g/mol. The number of likely N-dealkylation sites (N-methyl/N-ethyl adjacent to an activating group) is 1. The summed E-state index contributed by atoms with van der Waals surface area (Å²) in [5.41, 5.74) is -0.871. The van der Waals surface area contributed by atoms with E-state index in [0.29, 0.717) is 10.8 Å². The van der Waals surface area contributed by atoms with Gasteiger partial charge in [-0.05, 0) is 45.2 Å². The van der Waals surface area contributed by atoms with Gasteiger partial charge >= 0.3 is 0 Å². The number of carbonyl (C=O) groups excluding carboxylic acids is 1. The van der Waals surface area contributed by atoms with E-state index < -0.39 is 5.60 Å². The van der Waals surface area contributed by atoms with Crippen molar-refractivity contribution in [3.8, 4) is 5.75 Å². The minimum absolute atomic E-state index is 0.0283. The van der Waals surface area contributed by atoms with E-state index in [1.54, 1.807) is 24.3 Å². The van der Waals surface area contributed by atoms with Crippen molar-refractivity contribution < 1.29 is 9.53 Å². The molecule has 0 radical (unpaired) electrons. The Morgan fingerprint density at radius 3 is 2.25 bits per heavy atom. The van der Waals surface area contributed by atoms with Gasteiger partial charge in [0.1, 0.15) is 5.75 Å². The van der Waals surface area contributed by atoms with Crippen molar-refractivity contribution in [1.29, 1.82) is 0 Å². The molecule has 0 spiro atoms. The molecule has 1 aliphatic rings. The zero-order chi connectivity index (χ0) is 14.8. The molecule has 110 valence electrons. The molecule has 1 amide bonds. The van der Waals surface area contributed by atoms with E-state index in [-0.39, 0.29) is 5.91 Å². The van der Waals surface area contributed by atoms with Crippen molar-refractivity contribution in [1.82, 2.24) is 9.80 Å². The highest BCUT2D eigenvalue weighted by molar-refractivity contribution is 6.30. The van der Waals surface area contributed by atoms with Crippen molar-refractivity contribution in [2.45, 2.75) is 19.4 Å². The Hall–Kier alpha value is -1.26. The number of nitrogens with zero attached hydrogens (tertiary/aromatic N) is 2. The van der Waals surface area contributed by atoms with Crippen LogP contribution in [0.3, 0.4) is 0 Å². The number of piperazine rings is 1. The zero-order valence-electron chi connectivity index (χ0n) is 12.2. The van der Waals surface area contributed by atoms with Gasteiger partial charge in [-0.3, -0.25) is 4.79 Å². The fourth-order valence-electron chi connectivity index (χ4n) is 2.23. The molecule has 1 aliphatic heterocycles. The lowest BCUT2D eigenvalue weighted by atomic mass is 10.1. The second kappa shape index (κ2) is 6.02. The molecular weight excluding hydrogens is 276 g/mol. The third kappa shape index (κ3) is 3.64. The maximum atomic E-state index is 12.6. The smallest absolute Gasteiger partial charge is 0.266 e. The first-order valence-electron chi connectivity index (χ1n) is 6.81. The van der Waals surface area contributed by atoms with Gasteiger partial charge < -0.3 is 14.5 Å². The number of ether oxygens (including phenoxy) is 1. The molecule has 2 rings (SSSR count). The summed E-state index contributed by atoms with van der Waals surface area (Å²) in [7, 11) is 2.07. The molecule has 1 aromatic carbocycles. The lowest BCUT2D eigenvalue weighted by Crippen LogP contribution is -2.55. The van der Waals surface area contributed by atoms with Gasteiger partial charge in [0.05, 0.1) is 0 Å². The van der Waals surface area contributed by atoms with Gasteiger partial charge in [0, 0.05) is 31.2 Å². The molecular formula is C15H21ClN2O2. The second-order valence-corrected chi connectivity index (χ2v) is 6.10. The van der Waals surface area contributed by atoms with Gasteiger partial charge in [0.15, 0.2) is 5.60 Å². The van der Waals surface area contributed by atoms with Crippen LogP contribution in [-0.4, -0.2) is 54.5 Å². The molecule has 0 aromatic heterocycles. The number of hydrogen-bond donors (Lipinski definition) is 0. The van der Waals surface area contributed by atoms with E-state index in [4.69, 9.17) is 16.3 Å². The molecule has 0 bridgehead atoms. The normalized spacial score (nSPS) is 17.1. The molecule has 0 aliphatic carbocycles. The third-order valence-corrected chi connectivity index (χ3v) is 3.74. The Bertz CT molecular complexity index is 465. The van der Waals surface area contributed by atoms with Gasteiger partial charge in [-0.1, -0.05) is 11.6 Å². The summed E-state index contributed by atoms with van der Waals surface area (Å²) >= 11 is 5.85. The fourth-order valence-corrected chi connectivity index (χ4v) is 2.36. The van der Waals surface area contributed by atoms with E-state index in [1.165, 1.54) is 0 Å². The van der Waals surface area contributed by atoms with Crippen LogP contribution in [0.5, 0.6) is 5.75 Å². The first-order valence-corrected chi connectivity index (χ1v) is 7.19. The summed E-state index contributed by atoms with van der Waals surface area (Å²) in [6.07, 6.45) is 0. The van der Waals surface area contributed by atoms with Crippen molar-refractivity contribution in [3.05, 3.63) is 29.3 Å². The maximum Gasteiger partial charge on any atom is 0.266 e. The minimum atomic E-state index is -0.871. The Kier molecular flexibility index (Phi) is 4.55. The van der Waals surface area contributed by atoms with Gasteiger partial charge in [-0.25, -0.2) is 0 Å². The van der Waals surface area contributed by atoms with E-state index >= 15 is 0 Å². The van der Waals surface area contributed by atoms with Crippen molar-refractivity contribution >= 4 is 17.5 Å². The quantitative estimate of drug-likeness (QED) is 0.858. The summed E-state index contributed by atoms with van der Waals surface area (Å²) in [5, 5.41) is 0.653. The molecule has 1 saturated heterocycles. The highest BCUT2D eigenvalue weighted by Crippen LogP contribution is 2.22. The second-order valence-electron chi connectivity index (χ2n) is 5.66. The molecule has 4 nitrogen and oxygen atoms in total. The van der Waals surface area contributed by atoms with Crippen LogP contribution < -0.4 is 4.74 Å². The van der Waals surface area contributed by atoms with Crippen LogP contribution in [0, 0.1) is 0 Å². The number of benzene rings is 1. The Balaban J connectivity index is 2.01. The van der Waals surface area contributed by atoms with E-state index in [2.05, 4.69) is 11.9 Å². The summed E-state index contributed by atoms with van der Waals surface area (Å²) < 4.78 is 5.84. The average Bonchev–Trinajstić information content (AvgIpc) is 2.41. The maximum absolute atomic E-state index is 12.6. The van der Waals surface area contributed by atoms with Gasteiger partial charge in [-0.2, -0.15) is 0 Å². The lowest BCUT2D eigenvalue weighted by Gasteiger charge is -2.37. The molecule has 5 heteroatoms. The fraction of sp³-hybridized carbons (Fsp3) is 0.533. The molecule has 0 unspecified atom stereocenters. The van der Waals surface area contributed by atoms with Crippen LogP contribution in [0.4, 0.5) is 0 Å². The molecule has 1 aromatic rings. The van der Waals surface area contributed by atoms with E-state index in [9.17, 15) is 4.79 Å². The highest BCUT2D eigenvalue weighted by atomic mass is 35.5. The molecule has 0 atom stereocenters. The van der Waals surface area contributed by atoms with Gasteiger partial charge in [0.25, 0.3) is 5.91 Å². The molecule has 0 N–H and O–H groups in total. The number of halogens is 1. The molecule has 20 heavy (non-hydrogen) atoms.